The molecule has 0 heterocycles. The number of fused-ring (bicyclic) bond motifs is 3. The maximum absolute atomic E-state index is 3.32. The Morgan fingerprint density at radius 3 is 1.92 bits per heavy atom. The first kappa shape index (κ1) is 15.9. The van der Waals surface area contributed by atoms with Crippen LogP contribution in [-0.4, -0.2) is 3.21 Å². The van der Waals surface area contributed by atoms with Crippen LogP contribution in [0.15, 0.2) is 70.0 Å². The molecule has 0 radical (unpaired) electrons. The molecule has 0 nitrogen and oxygen atoms in total. The SMILES string of the molecule is [CH3][Zr]([CH3])([C]1=CC=CC1)(=[C]1CCC1)[CH]1c2ccccc2-c2ccccc21. The van der Waals surface area contributed by atoms with Crippen LogP contribution in [0, 0.1) is 0 Å². The molecular formula is C24H26Zr. The molecule has 0 spiro atoms. The molecule has 1 saturated carbocycles. The second kappa shape index (κ2) is 5.34. The fourth-order valence-corrected chi connectivity index (χ4v) is 22.7. The Morgan fingerprint density at radius 1 is 0.840 bits per heavy atom. The van der Waals surface area contributed by atoms with Crippen molar-refractivity contribution in [2.24, 2.45) is 0 Å². The summed E-state index contributed by atoms with van der Waals surface area (Å²) >= 11 is -3.32. The van der Waals surface area contributed by atoms with E-state index in [9.17, 15) is 0 Å². The molecule has 1 fully saturated rings. The Hall–Kier alpha value is -1.33. The van der Waals surface area contributed by atoms with Crippen molar-refractivity contribution in [1.82, 2.24) is 0 Å². The Morgan fingerprint density at radius 2 is 1.44 bits per heavy atom. The number of allylic oxidation sites excluding steroid dienone is 4. The van der Waals surface area contributed by atoms with Gasteiger partial charge in [0.1, 0.15) is 0 Å². The predicted octanol–water partition coefficient (Wildman–Crippen LogP) is 6.74. The summed E-state index contributed by atoms with van der Waals surface area (Å²) in [6.45, 7) is 0. The predicted molar refractivity (Wildman–Crippen MR) is 106 cm³/mol. The summed E-state index contributed by atoms with van der Waals surface area (Å²) in [5, 5.41) is 0. The quantitative estimate of drug-likeness (QED) is 0.519. The Kier molecular flexibility index (Phi) is 3.39. The minimum atomic E-state index is -3.32. The zero-order chi connectivity index (χ0) is 17.1. The van der Waals surface area contributed by atoms with E-state index in [-0.39, 0.29) is 0 Å². The molecule has 0 unspecified atom stereocenters. The van der Waals surface area contributed by atoms with Crippen LogP contribution in [0.4, 0.5) is 0 Å². The van der Waals surface area contributed by atoms with Gasteiger partial charge in [0, 0.05) is 0 Å². The number of benzene rings is 2. The van der Waals surface area contributed by atoms with Crippen LogP contribution >= 0.6 is 0 Å². The molecule has 0 bridgehead atoms. The number of rotatable bonds is 2. The third kappa shape index (κ3) is 2.00. The van der Waals surface area contributed by atoms with Gasteiger partial charge in [0.2, 0.25) is 0 Å². The molecule has 2 aromatic rings. The molecule has 3 aliphatic rings. The molecule has 2 aromatic carbocycles. The van der Waals surface area contributed by atoms with Crippen LogP contribution in [0.25, 0.3) is 11.1 Å². The summed E-state index contributed by atoms with van der Waals surface area (Å²) in [4.78, 5) is 0. The van der Waals surface area contributed by atoms with Crippen molar-refractivity contribution in [3.8, 4) is 11.1 Å². The molecule has 25 heavy (non-hydrogen) atoms. The number of hydrogen-bond donors (Lipinski definition) is 0. The van der Waals surface area contributed by atoms with Crippen LogP contribution in [0.3, 0.4) is 0 Å². The van der Waals surface area contributed by atoms with Crippen molar-refractivity contribution in [3.05, 3.63) is 81.2 Å². The Labute approximate surface area is 151 Å². The molecule has 0 atom stereocenters. The van der Waals surface area contributed by atoms with Gasteiger partial charge in [-0.1, -0.05) is 0 Å². The number of hydrogen-bond acceptors (Lipinski definition) is 0. The monoisotopic (exact) mass is 404 g/mol. The van der Waals surface area contributed by atoms with Gasteiger partial charge >= 0.3 is 152 Å². The summed E-state index contributed by atoms with van der Waals surface area (Å²) in [6, 6.07) is 18.4. The van der Waals surface area contributed by atoms with E-state index in [0.717, 1.165) is 0 Å². The summed E-state index contributed by atoms with van der Waals surface area (Å²) in [5.41, 5.74) is 6.18. The molecular weight excluding hydrogens is 379 g/mol. The van der Waals surface area contributed by atoms with Gasteiger partial charge in [-0.05, 0) is 0 Å². The van der Waals surface area contributed by atoms with E-state index in [1.807, 2.05) is 3.21 Å². The first-order valence-corrected chi connectivity index (χ1v) is 18.5. The molecule has 0 aliphatic heterocycles. The van der Waals surface area contributed by atoms with E-state index in [0.29, 0.717) is 3.63 Å². The van der Waals surface area contributed by atoms with Gasteiger partial charge in [0.15, 0.2) is 0 Å². The van der Waals surface area contributed by atoms with Crippen LogP contribution in [-0.2, 0) is 18.3 Å². The Balaban J connectivity index is 1.88. The van der Waals surface area contributed by atoms with Crippen LogP contribution in [0.1, 0.15) is 40.4 Å². The molecule has 3 aliphatic carbocycles. The minimum absolute atomic E-state index is 0.621. The third-order valence-corrected chi connectivity index (χ3v) is 25.6. The van der Waals surface area contributed by atoms with Crippen LogP contribution in [0.2, 0.25) is 9.26 Å². The first-order chi connectivity index (χ1) is 12.1. The average molecular weight is 406 g/mol. The van der Waals surface area contributed by atoms with Crippen molar-refractivity contribution in [3.63, 3.8) is 0 Å². The van der Waals surface area contributed by atoms with Crippen LogP contribution < -0.4 is 0 Å². The van der Waals surface area contributed by atoms with Crippen molar-refractivity contribution >= 4 is 3.21 Å². The van der Waals surface area contributed by atoms with E-state index in [2.05, 4.69) is 76.0 Å². The summed E-state index contributed by atoms with van der Waals surface area (Å²) in [7, 11) is 0. The van der Waals surface area contributed by atoms with Crippen molar-refractivity contribution in [2.45, 2.75) is 38.6 Å². The van der Waals surface area contributed by atoms with Gasteiger partial charge in [-0.3, -0.25) is 0 Å². The summed E-state index contributed by atoms with van der Waals surface area (Å²) in [6.07, 6.45) is 12.5. The van der Waals surface area contributed by atoms with E-state index in [4.69, 9.17) is 0 Å². The van der Waals surface area contributed by atoms with Crippen molar-refractivity contribution in [2.75, 3.05) is 0 Å². The topological polar surface area (TPSA) is 0 Å². The fraction of sp³-hybridized carbons (Fsp3) is 0.292. The molecule has 126 valence electrons. The normalized spacial score (nSPS) is 19.5. The van der Waals surface area contributed by atoms with E-state index < -0.39 is 18.3 Å². The van der Waals surface area contributed by atoms with Gasteiger partial charge in [-0.15, -0.1) is 0 Å². The van der Waals surface area contributed by atoms with Gasteiger partial charge in [-0.25, -0.2) is 0 Å². The van der Waals surface area contributed by atoms with Gasteiger partial charge in [0.25, 0.3) is 0 Å². The van der Waals surface area contributed by atoms with E-state index in [1.165, 1.54) is 36.8 Å². The second-order valence-corrected chi connectivity index (χ2v) is 25.9. The van der Waals surface area contributed by atoms with E-state index >= 15 is 0 Å². The fourth-order valence-electron chi connectivity index (χ4n) is 5.85. The first-order valence-electron chi connectivity index (χ1n) is 9.69. The van der Waals surface area contributed by atoms with Gasteiger partial charge in [0.05, 0.1) is 0 Å². The van der Waals surface area contributed by atoms with Gasteiger partial charge in [-0.2, -0.15) is 0 Å². The zero-order valence-corrected chi connectivity index (χ0v) is 17.7. The average Bonchev–Trinajstić information content (AvgIpc) is 3.20. The summed E-state index contributed by atoms with van der Waals surface area (Å²) < 4.78 is 9.87. The van der Waals surface area contributed by atoms with E-state index in [1.54, 1.807) is 14.4 Å². The molecule has 0 amide bonds. The Bertz CT molecular complexity index is 958. The standard InChI is InChI=1S/C13H9.C5H5.C4H6.2CH3.Zr/c1-3-7-12-10(5-1)9-11-6-2-4-8-13(11)12;1-2-4-5-3-1;1-2-4-3-1;;;/h1-9H;1-3H,4H2;1-3H2;2*1H3;. The zero-order valence-electron chi connectivity index (χ0n) is 15.3. The molecule has 0 saturated heterocycles. The second-order valence-electron chi connectivity index (χ2n) is 8.88. The third-order valence-electron chi connectivity index (χ3n) is 7.50. The molecule has 0 aromatic heterocycles. The maximum atomic E-state index is 2.75. The van der Waals surface area contributed by atoms with Gasteiger partial charge < -0.3 is 0 Å². The summed E-state index contributed by atoms with van der Waals surface area (Å²) in [5.74, 6) is 0. The molecule has 1 heteroatoms. The van der Waals surface area contributed by atoms with Crippen LogP contribution in [0.5, 0.6) is 0 Å². The van der Waals surface area contributed by atoms with Crippen molar-refractivity contribution in [1.29, 1.82) is 0 Å². The van der Waals surface area contributed by atoms with Crippen molar-refractivity contribution < 1.29 is 18.3 Å². The molecule has 5 rings (SSSR count). The molecule has 0 N–H and O–H groups in total.